The predicted octanol–water partition coefficient (Wildman–Crippen LogP) is -1.11. The van der Waals surface area contributed by atoms with E-state index in [1.54, 1.807) is 6.92 Å². The molecule has 148 valence electrons. The number of Topliss-reactive ketones (excluding diaryl/α,β-unsaturated/α-hetero) is 2. The van der Waals surface area contributed by atoms with E-state index in [1.165, 1.54) is 7.11 Å². The van der Waals surface area contributed by atoms with Crippen LogP contribution in [0.2, 0.25) is 0 Å². The van der Waals surface area contributed by atoms with Crippen molar-refractivity contribution in [1.29, 1.82) is 5.26 Å². The monoisotopic (exact) mass is 387 g/mol. The number of nitriles is 1. The second kappa shape index (κ2) is 6.32. The van der Waals surface area contributed by atoms with Crippen molar-refractivity contribution in [3.05, 3.63) is 22.5 Å². The fourth-order valence-corrected chi connectivity index (χ4v) is 4.75. The van der Waals surface area contributed by atoms with Crippen LogP contribution in [-0.2, 0) is 19.1 Å². The number of ketones is 2. The van der Waals surface area contributed by atoms with Crippen molar-refractivity contribution in [2.24, 2.45) is 11.7 Å². The molecule has 2 saturated heterocycles. The van der Waals surface area contributed by atoms with E-state index in [1.807, 2.05) is 11.0 Å². The van der Waals surface area contributed by atoms with Gasteiger partial charge in [-0.3, -0.25) is 9.59 Å². The largest absolute Gasteiger partial charge is 0.449 e. The van der Waals surface area contributed by atoms with Gasteiger partial charge in [0.2, 0.25) is 11.6 Å². The molecule has 1 amide bonds. The number of ether oxygens (including phenoxy) is 2. The van der Waals surface area contributed by atoms with Gasteiger partial charge < -0.3 is 30.7 Å². The molecule has 3 aliphatic heterocycles. The average molecular weight is 387 g/mol. The first-order chi connectivity index (χ1) is 13.4. The lowest BCUT2D eigenvalue weighted by Gasteiger charge is -2.39. The zero-order valence-corrected chi connectivity index (χ0v) is 15.6. The van der Waals surface area contributed by atoms with Crippen LogP contribution in [0.1, 0.15) is 13.3 Å². The van der Waals surface area contributed by atoms with Crippen LogP contribution in [0.3, 0.4) is 0 Å². The molecule has 0 radical (unpaired) electrons. The highest BCUT2D eigenvalue weighted by molar-refractivity contribution is 6.25. The number of allylic oxidation sites excluding steroid dienone is 2. The van der Waals surface area contributed by atoms with Gasteiger partial charge in [0.25, 0.3) is 0 Å². The minimum absolute atomic E-state index is 0.0829. The minimum atomic E-state index is -0.988. The molecular formula is C18H21N5O5. The molecule has 0 unspecified atom stereocenters. The van der Waals surface area contributed by atoms with E-state index in [9.17, 15) is 14.4 Å². The van der Waals surface area contributed by atoms with E-state index in [-0.39, 0.29) is 54.5 Å². The Kier molecular flexibility index (Phi) is 4.17. The third-order valence-corrected chi connectivity index (χ3v) is 5.97. The van der Waals surface area contributed by atoms with Gasteiger partial charge in [0, 0.05) is 37.4 Å². The number of amides is 1. The molecule has 4 rings (SSSR count). The molecule has 0 spiro atoms. The highest BCUT2D eigenvalue weighted by Crippen LogP contribution is 2.55. The van der Waals surface area contributed by atoms with Gasteiger partial charge in [0.05, 0.1) is 35.8 Å². The molecule has 10 nitrogen and oxygen atoms in total. The van der Waals surface area contributed by atoms with Crippen molar-refractivity contribution in [2.75, 3.05) is 26.8 Å². The Morgan fingerprint density at radius 3 is 2.86 bits per heavy atom. The number of nitrogens with two attached hydrogens (primary N) is 1. The number of hydrogen-bond acceptors (Lipinski definition) is 9. The first-order valence-corrected chi connectivity index (χ1v) is 9.04. The van der Waals surface area contributed by atoms with Gasteiger partial charge in [-0.15, -0.1) is 0 Å². The van der Waals surface area contributed by atoms with E-state index < -0.39 is 17.7 Å². The Labute approximate surface area is 161 Å². The molecule has 1 aliphatic carbocycles. The van der Waals surface area contributed by atoms with Gasteiger partial charge in [-0.25, -0.2) is 4.79 Å². The molecule has 28 heavy (non-hydrogen) atoms. The molecule has 0 saturated carbocycles. The minimum Gasteiger partial charge on any atom is -0.449 e. The Hall–Kier alpha value is -2.90. The summed E-state index contributed by atoms with van der Waals surface area (Å²) in [5.74, 6) is -1.27. The van der Waals surface area contributed by atoms with Crippen LogP contribution in [0, 0.1) is 17.2 Å². The highest BCUT2D eigenvalue weighted by Gasteiger charge is 2.72. The lowest BCUT2D eigenvalue weighted by atomic mass is 9.82. The van der Waals surface area contributed by atoms with Crippen LogP contribution < -0.4 is 16.4 Å². The summed E-state index contributed by atoms with van der Waals surface area (Å²) in [4.78, 5) is 39.6. The second-order valence-electron chi connectivity index (χ2n) is 7.26. The summed E-state index contributed by atoms with van der Waals surface area (Å²) < 4.78 is 10.9. The van der Waals surface area contributed by atoms with Crippen LogP contribution in [0.25, 0.3) is 0 Å². The third-order valence-electron chi connectivity index (χ3n) is 5.97. The second-order valence-corrected chi connectivity index (χ2v) is 7.26. The molecule has 0 aromatic rings. The van der Waals surface area contributed by atoms with E-state index in [0.717, 1.165) is 0 Å². The summed E-state index contributed by atoms with van der Waals surface area (Å²) in [5.41, 5.74) is 5.21. The van der Waals surface area contributed by atoms with Gasteiger partial charge >= 0.3 is 6.09 Å². The topological polar surface area (TPSA) is 157 Å². The number of hydrogen-bond donors (Lipinski definition) is 3. The Bertz CT molecular complexity index is 887. The number of rotatable bonds is 6. The number of piperazine rings is 1. The van der Waals surface area contributed by atoms with E-state index in [4.69, 9.17) is 20.5 Å². The van der Waals surface area contributed by atoms with Crippen LogP contribution in [0.15, 0.2) is 22.5 Å². The van der Waals surface area contributed by atoms with Gasteiger partial charge in [0.15, 0.2) is 5.72 Å². The normalized spacial score (nSPS) is 32.8. The lowest BCUT2D eigenvalue weighted by Crippen LogP contribution is -2.55. The molecule has 3 heterocycles. The Morgan fingerprint density at radius 1 is 1.46 bits per heavy atom. The number of nitrogens with one attached hydrogen (secondary N) is 2. The fourth-order valence-electron chi connectivity index (χ4n) is 4.75. The number of fused-ring (bicyclic) bond motifs is 4. The van der Waals surface area contributed by atoms with Crippen molar-refractivity contribution in [1.82, 2.24) is 15.5 Å². The van der Waals surface area contributed by atoms with Gasteiger partial charge in [-0.05, 0) is 6.92 Å². The Balaban J connectivity index is 1.76. The van der Waals surface area contributed by atoms with Crippen LogP contribution in [-0.4, -0.2) is 67.2 Å². The number of carbonyl (C=O) groups excluding carboxylic acids is 3. The van der Waals surface area contributed by atoms with Crippen molar-refractivity contribution in [3.63, 3.8) is 0 Å². The van der Waals surface area contributed by atoms with Gasteiger partial charge in [-0.2, -0.15) is 5.26 Å². The third kappa shape index (κ3) is 2.30. The summed E-state index contributed by atoms with van der Waals surface area (Å²) >= 11 is 0. The molecule has 2 fully saturated rings. The zero-order valence-electron chi connectivity index (χ0n) is 15.6. The molecule has 10 heteroatoms. The maximum Gasteiger partial charge on any atom is 0.404 e. The summed E-state index contributed by atoms with van der Waals surface area (Å²) in [6, 6.07) is 2.06. The fraction of sp³-hybridized carbons (Fsp3) is 0.556. The van der Waals surface area contributed by atoms with Gasteiger partial charge in [0.1, 0.15) is 6.61 Å². The molecule has 0 aromatic heterocycles. The first kappa shape index (κ1) is 18.5. The molecule has 4 N–H and O–H groups in total. The molecule has 0 bridgehead atoms. The zero-order chi connectivity index (χ0) is 20.2. The summed E-state index contributed by atoms with van der Waals surface area (Å²) in [5, 5.41) is 15.0. The number of nitrogens with zero attached hydrogens (tertiary/aromatic N) is 2. The molecule has 4 aliphatic rings. The highest BCUT2D eigenvalue weighted by atomic mass is 16.6. The van der Waals surface area contributed by atoms with Crippen LogP contribution >= 0.6 is 0 Å². The van der Waals surface area contributed by atoms with Crippen molar-refractivity contribution >= 4 is 17.7 Å². The van der Waals surface area contributed by atoms with E-state index >= 15 is 0 Å². The molecule has 4 atom stereocenters. The maximum absolute atomic E-state index is 13.3. The van der Waals surface area contributed by atoms with Crippen LogP contribution in [0.4, 0.5) is 4.79 Å². The SMILES string of the molecule is CO[C@@]12[C@H](COC(N)=O)C3=C(C(=O)C(C)=C(NCCC#N)C3=O)N1C[C@@H]1N[C@@H]12. The number of methoxy groups -OCH3 is 1. The number of carbonyl (C=O) groups is 3. The summed E-state index contributed by atoms with van der Waals surface area (Å²) in [6.45, 7) is 2.19. The number of primary amides is 1. The molecular weight excluding hydrogens is 366 g/mol. The average Bonchev–Trinajstić information content (AvgIpc) is 3.27. The maximum atomic E-state index is 13.3. The van der Waals surface area contributed by atoms with E-state index in [0.29, 0.717) is 17.8 Å². The summed E-state index contributed by atoms with van der Waals surface area (Å²) in [6.07, 6.45) is -0.765. The standard InChI is InChI=1S/C18H21N5O5/c1-8-12(21-5-3-4-19)15(25)11-9(7-28-17(20)26)18(27-2)16-10(22-16)6-23(18)13(11)14(8)24/h9-10,16,21-22H,3,5-7H2,1-2H3,(H2,20,26)/t9-,10+,16+,18-/m1/s1. The summed E-state index contributed by atoms with van der Waals surface area (Å²) in [7, 11) is 1.52. The molecule has 0 aromatic carbocycles. The lowest BCUT2D eigenvalue weighted by molar-refractivity contribution is -0.137. The quantitative estimate of drug-likeness (QED) is 0.292. The van der Waals surface area contributed by atoms with Crippen molar-refractivity contribution in [3.8, 4) is 6.07 Å². The van der Waals surface area contributed by atoms with Crippen LogP contribution in [0.5, 0.6) is 0 Å². The first-order valence-electron chi connectivity index (χ1n) is 9.04. The van der Waals surface area contributed by atoms with Crippen molar-refractivity contribution in [2.45, 2.75) is 31.2 Å². The van der Waals surface area contributed by atoms with Crippen molar-refractivity contribution < 1.29 is 23.9 Å². The van der Waals surface area contributed by atoms with Gasteiger partial charge in [-0.1, -0.05) is 0 Å². The smallest absolute Gasteiger partial charge is 0.404 e. The predicted molar refractivity (Wildman–Crippen MR) is 94.2 cm³/mol. The van der Waals surface area contributed by atoms with E-state index in [2.05, 4.69) is 10.6 Å². The Morgan fingerprint density at radius 2 is 2.21 bits per heavy atom.